The van der Waals surface area contributed by atoms with Crippen molar-refractivity contribution in [1.82, 2.24) is 0 Å². The van der Waals surface area contributed by atoms with Gasteiger partial charge in [0.2, 0.25) is 0 Å². The van der Waals surface area contributed by atoms with Crippen molar-refractivity contribution in [2.45, 2.75) is 12.3 Å². The van der Waals surface area contributed by atoms with Crippen LogP contribution in [0, 0.1) is 17.1 Å². The van der Waals surface area contributed by atoms with E-state index in [1.807, 2.05) is 18.2 Å². The molecule has 1 atom stereocenters. The molecule has 0 saturated heterocycles. The Labute approximate surface area is 122 Å². The first-order valence-corrected chi connectivity index (χ1v) is 6.61. The van der Waals surface area contributed by atoms with Gasteiger partial charge in [-0.3, -0.25) is 0 Å². The Bertz CT molecular complexity index is 624. The van der Waals surface area contributed by atoms with Crippen LogP contribution in [-0.4, -0.2) is 6.61 Å². The molecule has 1 unspecified atom stereocenters. The molecule has 2 nitrogen and oxygen atoms in total. The van der Waals surface area contributed by atoms with Crippen molar-refractivity contribution in [3.05, 3.63) is 64.9 Å². The maximum atomic E-state index is 13.4. The summed E-state index contributed by atoms with van der Waals surface area (Å²) in [6, 6.07) is 15.6. The van der Waals surface area contributed by atoms with Gasteiger partial charge in [0.1, 0.15) is 0 Å². The van der Waals surface area contributed by atoms with Gasteiger partial charge in [0.15, 0.2) is 11.6 Å². The van der Waals surface area contributed by atoms with Crippen LogP contribution >= 0.6 is 11.6 Å². The van der Waals surface area contributed by atoms with Crippen molar-refractivity contribution in [3.63, 3.8) is 0 Å². The summed E-state index contributed by atoms with van der Waals surface area (Å²) in [4.78, 5) is 0. The van der Waals surface area contributed by atoms with Crippen LogP contribution in [0.25, 0.3) is 0 Å². The number of nitrogens with zero attached hydrogens (tertiary/aromatic N) is 1. The molecule has 0 N–H and O–H groups in total. The van der Waals surface area contributed by atoms with Crippen molar-refractivity contribution in [1.29, 1.82) is 5.26 Å². The van der Waals surface area contributed by atoms with Crippen LogP contribution in [-0.2, 0) is 0 Å². The lowest BCUT2D eigenvalue weighted by Crippen LogP contribution is -2.05. The van der Waals surface area contributed by atoms with Gasteiger partial charge < -0.3 is 4.74 Å². The number of hydrogen-bond acceptors (Lipinski definition) is 2. The van der Waals surface area contributed by atoms with E-state index in [4.69, 9.17) is 16.3 Å². The monoisotopic (exact) mass is 289 g/mol. The summed E-state index contributed by atoms with van der Waals surface area (Å²) in [5, 5.41) is 9.78. The predicted molar refractivity (Wildman–Crippen MR) is 76.3 cm³/mol. The minimum Gasteiger partial charge on any atom is -0.490 e. The zero-order valence-electron chi connectivity index (χ0n) is 10.7. The number of halogens is 2. The van der Waals surface area contributed by atoms with E-state index in [9.17, 15) is 9.65 Å². The molecule has 0 aliphatic rings. The predicted octanol–water partition coefficient (Wildman–Crippen LogP) is 4.56. The minimum absolute atomic E-state index is 0.198. The van der Waals surface area contributed by atoms with Crippen LogP contribution in [0.3, 0.4) is 0 Å². The zero-order chi connectivity index (χ0) is 14.4. The van der Waals surface area contributed by atoms with Crippen LogP contribution in [0.2, 0.25) is 5.02 Å². The fourth-order valence-corrected chi connectivity index (χ4v) is 2.16. The molecule has 2 aromatic rings. The number of hydrogen-bond donors (Lipinski definition) is 0. The number of nitriles is 1. The van der Waals surface area contributed by atoms with Crippen molar-refractivity contribution < 1.29 is 9.13 Å². The lowest BCUT2D eigenvalue weighted by atomic mass is 9.98. The second kappa shape index (κ2) is 6.93. The largest absolute Gasteiger partial charge is 0.490 e. The number of rotatable bonds is 5. The lowest BCUT2D eigenvalue weighted by Gasteiger charge is -2.12. The Morgan fingerprint density at radius 3 is 2.55 bits per heavy atom. The first kappa shape index (κ1) is 14.4. The van der Waals surface area contributed by atoms with Gasteiger partial charge in [-0.25, -0.2) is 4.39 Å². The maximum absolute atomic E-state index is 13.4. The summed E-state index contributed by atoms with van der Waals surface area (Å²) in [6.07, 6.45) is 0.453. The van der Waals surface area contributed by atoms with Crippen molar-refractivity contribution in [3.8, 4) is 11.8 Å². The number of benzene rings is 2. The van der Waals surface area contributed by atoms with Gasteiger partial charge in [-0.2, -0.15) is 5.26 Å². The summed E-state index contributed by atoms with van der Waals surface area (Å²) in [7, 11) is 0. The molecule has 102 valence electrons. The van der Waals surface area contributed by atoms with E-state index in [2.05, 4.69) is 6.07 Å². The van der Waals surface area contributed by atoms with Crippen LogP contribution in [0.5, 0.6) is 5.75 Å². The molecule has 0 bridgehead atoms. The average molecular weight is 290 g/mol. The second-order valence-electron chi connectivity index (χ2n) is 4.27. The summed E-state index contributed by atoms with van der Waals surface area (Å²) in [5.41, 5.74) is 0.772. The molecule has 0 aliphatic heterocycles. The van der Waals surface area contributed by atoms with E-state index in [0.29, 0.717) is 11.4 Å². The van der Waals surface area contributed by atoms with Gasteiger partial charge in [0.05, 0.1) is 18.6 Å². The summed E-state index contributed by atoms with van der Waals surface area (Å²) >= 11 is 6.07. The Morgan fingerprint density at radius 1 is 1.15 bits per heavy atom. The van der Waals surface area contributed by atoms with Crippen LogP contribution < -0.4 is 4.74 Å². The molecule has 20 heavy (non-hydrogen) atoms. The van der Waals surface area contributed by atoms with Crippen LogP contribution in [0.1, 0.15) is 17.9 Å². The topological polar surface area (TPSA) is 33.0 Å². The first-order valence-electron chi connectivity index (χ1n) is 6.23. The number of para-hydroxylation sites is 1. The maximum Gasteiger partial charge on any atom is 0.165 e. The second-order valence-corrected chi connectivity index (χ2v) is 4.68. The zero-order valence-corrected chi connectivity index (χ0v) is 11.5. The third-order valence-electron chi connectivity index (χ3n) is 2.94. The van der Waals surface area contributed by atoms with Gasteiger partial charge in [-0.1, -0.05) is 41.9 Å². The van der Waals surface area contributed by atoms with E-state index >= 15 is 0 Å². The van der Waals surface area contributed by atoms with Crippen molar-refractivity contribution >= 4 is 11.6 Å². The molecule has 0 heterocycles. The molecular formula is C16H13ClFNO. The van der Waals surface area contributed by atoms with Gasteiger partial charge in [-0.15, -0.1) is 0 Å². The van der Waals surface area contributed by atoms with Gasteiger partial charge in [-0.05, 0) is 23.8 Å². The Hall–Kier alpha value is -2.05. The molecule has 4 heteroatoms. The molecular weight excluding hydrogens is 277 g/mol. The third-order valence-corrected chi connectivity index (χ3v) is 3.28. The molecule has 0 spiro atoms. The third kappa shape index (κ3) is 3.49. The molecule has 0 aromatic heterocycles. The van der Waals surface area contributed by atoms with E-state index in [-0.39, 0.29) is 18.3 Å². The first-order chi connectivity index (χ1) is 9.72. The van der Waals surface area contributed by atoms with Crippen molar-refractivity contribution in [2.75, 3.05) is 6.61 Å². The fraction of sp³-hybridized carbons (Fsp3) is 0.188. The molecule has 0 aliphatic carbocycles. The lowest BCUT2D eigenvalue weighted by molar-refractivity contribution is 0.291. The highest BCUT2D eigenvalue weighted by atomic mass is 35.5. The summed E-state index contributed by atoms with van der Waals surface area (Å²) < 4.78 is 18.7. The van der Waals surface area contributed by atoms with E-state index in [0.717, 1.165) is 5.56 Å². The average Bonchev–Trinajstić information content (AvgIpc) is 2.46. The normalized spacial score (nSPS) is 11.7. The SMILES string of the molecule is N#CC(CCOc1ccccc1F)c1ccccc1Cl. The molecule has 0 saturated carbocycles. The van der Waals surface area contributed by atoms with Gasteiger partial charge >= 0.3 is 0 Å². The number of ether oxygens (including phenoxy) is 1. The van der Waals surface area contributed by atoms with Crippen molar-refractivity contribution in [2.24, 2.45) is 0 Å². The molecule has 2 aromatic carbocycles. The van der Waals surface area contributed by atoms with Gasteiger partial charge in [0.25, 0.3) is 0 Å². The highest BCUT2D eigenvalue weighted by molar-refractivity contribution is 6.31. The van der Waals surface area contributed by atoms with E-state index in [1.54, 1.807) is 24.3 Å². The molecule has 2 rings (SSSR count). The minimum atomic E-state index is -0.404. The Kier molecular flexibility index (Phi) is 4.97. The van der Waals surface area contributed by atoms with E-state index in [1.165, 1.54) is 6.07 Å². The summed E-state index contributed by atoms with van der Waals surface area (Å²) in [6.45, 7) is 0.254. The van der Waals surface area contributed by atoms with E-state index < -0.39 is 5.82 Å². The van der Waals surface area contributed by atoms with Gasteiger partial charge in [0, 0.05) is 11.4 Å². The van der Waals surface area contributed by atoms with Crippen LogP contribution in [0.15, 0.2) is 48.5 Å². The molecule has 0 amide bonds. The highest BCUT2D eigenvalue weighted by Gasteiger charge is 2.14. The highest BCUT2D eigenvalue weighted by Crippen LogP contribution is 2.27. The molecule has 0 fully saturated rings. The smallest absolute Gasteiger partial charge is 0.165 e. The fourth-order valence-electron chi connectivity index (χ4n) is 1.90. The Morgan fingerprint density at radius 2 is 1.85 bits per heavy atom. The van der Waals surface area contributed by atoms with Crippen LogP contribution in [0.4, 0.5) is 4.39 Å². The Balaban J connectivity index is 1.98. The molecule has 0 radical (unpaired) electrons. The quantitative estimate of drug-likeness (QED) is 0.808. The summed E-state index contributed by atoms with van der Waals surface area (Å²) in [5.74, 6) is -0.572. The standard InChI is InChI=1S/C16H13ClFNO/c17-14-6-2-1-5-13(14)12(11-19)9-10-20-16-8-4-3-7-15(16)18/h1-8,12H,9-10H2.